The number of benzene rings is 1. The normalized spacial score (nSPS) is 16.1. The summed E-state index contributed by atoms with van der Waals surface area (Å²) < 4.78 is 7.20. The van der Waals surface area contributed by atoms with Gasteiger partial charge in [-0.25, -0.2) is 14.8 Å². The minimum absolute atomic E-state index is 0.0258. The third-order valence-corrected chi connectivity index (χ3v) is 5.21. The first kappa shape index (κ1) is 18.9. The first-order chi connectivity index (χ1) is 13.8. The van der Waals surface area contributed by atoms with E-state index in [1.807, 2.05) is 25.7 Å². The van der Waals surface area contributed by atoms with Gasteiger partial charge in [0.25, 0.3) is 0 Å². The Morgan fingerprint density at radius 1 is 1.24 bits per heavy atom. The van der Waals surface area contributed by atoms with Crippen LogP contribution in [0.4, 0.5) is 4.79 Å². The summed E-state index contributed by atoms with van der Waals surface area (Å²) in [5.74, 6) is 1.07. The van der Waals surface area contributed by atoms with Crippen molar-refractivity contribution in [3.63, 3.8) is 0 Å². The minimum atomic E-state index is -1.03. The molecule has 0 saturated carbocycles. The van der Waals surface area contributed by atoms with Gasteiger partial charge in [0, 0.05) is 29.1 Å². The van der Waals surface area contributed by atoms with E-state index in [-0.39, 0.29) is 17.9 Å². The number of carboxylic acid groups (broad SMARTS) is 1. The SMILES string of the molecule is CC(C)C(=O)N1Cc2ncnc(Oc3ccc4c(ccn4C(=O)O)c3)c2C[C@@H]1C. The Morgan fingerprint density at radius 2 is 2.03 bits per heavy atom. The summed E-state index contributed by atoms with van der Waals surface area (Å²) in [5, 5.41) is 9.97. The maximum atomic E-state index is 12.5. The van der Waals surface area contributed by atoms with Crippen LogP contribution in [0.2, 0.25) is 0 Å². The molecular formula is C21H22N4O4. The fourth-order valence-corrected chi connectivity index (χ4v) is 3.67. The molecule has 0 unspecified atom stereocenters. The molecule has 3 heterocycles. The quantitative estimate of drug-likeness (QED) is 0.728. The second-order valence-electron chi connectivity index (χ2n) is 7.57. The summed E-state index contributed by atoms with van der Waals surface area (Å²) in [6.45, 7) is 6.24. The lowest BCUT2D eigenvalue weighted by atomic mass is 9.98. The van der Waals surface area contributed by atoms with Crippen LogP contribution >= 0.6 is 0 Å². The molecule has 1 aliphatic heterocycles. The van der Waals surface area contributed by atoms with Crippen LogP contribution in [0.3, 0.4) is 0 Å². The van der Waals surface area contributed by atoms with Gasteiger partial charge in [-0.05, 0) is 37.6 Å². The van der Waals surface area contributed by atoms with Gasteiger partial charge in [-0.2, -0.15) is 0 Å². The zero-order valence-corrected chi connectivity index (χ0v) is 16.5. The van der Waals surface area contributed by atoms with Gasteiger partial charge in [0.15, 0.2) is 0 Å². The van der Waals surface area contributed by atoms with Crippen molar-refractivity contribution in [2.75, 3.05) is 0 Å². The predicted octanol–water partition coefficient (Wildman–Crippen LogP) is 3.68. The Labute approximate surface area is 167 Å². The van der Waals surface area contributed by atoms with Gasteiger partial charge in [0.2, 0.25) is 11.8 Å². The highest BCUT2D eigenvalue weighted by Crippen LogP contribution is 2.32. The van der Waals surface area contributed by atoms with Crippen LogP contribution in [-0.4, -0.2) is 42.6 Å². The first-order valence-corrected chi connectivity index (χ1v) is 9.50. The molecule has 29 heavy (non-hydrogen) atoms. The third kappa shape index (κ3) is 3.41. The molecule has 150 valence electrons. The molecule has 8 nitrogen and oxygen atoms in total. The van der Waals surface area contributed by atoms with Crippen molar-refractivity contribution in [1.82, 2.24) is 19.4 Å². The van der Waals surface area contributed by atoms with E-state index >= 15 is 0 Å². The topological polar surface area (TPSA) is 97.6 Å². The zero-order valence-electron chi connectivity index (χ0n) is 16.5. The lowest BCUT2D eigenvalue weighted by molar-refractivity contribution is -0.137. The number of hydrogen-bond acceptors (Lipinski definition) is 5. The summed E-state index contributed by atoms with van der Waals surface area (Å²) >= 11 is 0. The highest BCUT2D eigenvalue weighted by molar-refractivity contribution is 5.89. The Morgan fingerprint density at radius 3 is 2.76 bits per heavy atom. The lowest BCUT2D eigenvalue weighted by Crippen LogP contribution is -2.44. The zero-order chi connectivity index (χ0) is 20.7. The van der Waals surface area contributed by atoms with Crippen LogP contribution in [0.1, 0.15) is 32.0 Å². The maximum absolute atomic E-state index is 12.5. The molecule has 2 aromatic heterocycles. The second kappa shape index (κ2) is 7.20. The van der Waals surface area contributed by atoms with Gasteiger partial charge in [-0.3, -0.25) is 9.36 Å². The van der Waals surface area contributed by atoms with Crippen molar-refractivity contribution in [2.45, 2.75) is 39.8 Å². The fraction of sp³-hybridized carbons (Fsp3) is 0.333. The Kier molecular flexibility index (Phi) is 4.70. The highest BCUT2D eigenvalue weighted by Gasteiger charge is 2.31. The van der Waals surface area contributed by atoms with Crippen LogP contribution in [0.5, 0.6) is 11.6 Å². The Hall–Kier alpha value is -3.42. The van der Waals surface area contributed by atoms with Gasteiger partial charge < -0.3 is 14.7 Å². The van der Waals surface area contributed by atoms with Crippen molar-refractivity contribution in [1.29, 1.82) is 0 Å². The van der Waals surface area contributed by atoms with Crippen LogP contribution in [0.25, 0.3) is 10.9 Å². The van der Waals surface area contributed by atoms with Crippen LogP contribution in [-0.2, 0) is 17.8 Å². The molecule has 1 aromatic carbocycles. The summed E-state index contributed by atoms with van der Waals surface area (Å²) in [4.78, 5) is 34.2. The van der Waals surface area contributed by atoms with E-state index in [0.717, 1.165) is 21.2 Å². The highest BCUT2D eigenvalue weighted by atomic mass is 16.5. The van der Waals surface area contributed by atoms with Gasteiger partial charge in [0.05, 0.1) is 17.8 Å². The minimum Gasteiger partial charge on any atom is -0.464 e. The monoisotopic (exact) mass is 394 g/mol. The van der Waals surface area contributed by atoms with Crippen molar-refractivity contribution < 1.29 is 19.4 Å². The number of carbonyl (C=O) groups is 2. The van der Waals surface area contributed by atoms with Crippen molar-refractivity contribution in [3.05, 3.63) is 48.0 Å². The fourth-order valence-electron chi connectivity index (χ4n) is 3.67. The molecule has 1 N–H and O–H groups in total. The van der Waals surface area contributed by atoms with Gasteiger partial charge in [0.1, 0.15) is 12.1 Å². The smallest absolute Gasteiger partial charge is 0.415 e. The number of aromatic nitrogens is 3. The van der Waals surface area contributed by atoms with Crippen LogP contribution < -0.4 is 4.74 Å². The molecule has 1 amide bonds. The van der Waals surface area contributed by atoms with Gasteiger partial charge in [-0.15, -0.1) is 0 Å². The molecule has 8 heteroatoms. The van der Waals surface area contributed by atoms with Crippen molar-refractivity contribution in [3.8, 4) is 11.6 Å². The third-order valence-electron chi connectivity index (χ3n) is 5.21. The maximum Gasteiger partial charge on any atom is 0.415 e. The summed E-state index contributed by atoms with van der Waals surface area (Å²) in [6, 6.07) is 6.96. The van der Waals surface area contributed by atoms with E-state index in [0.29, 0.717) is 30.1 Å². The number of nitrogens with zero attached hydrogens (tertiary/aromatic N) is 4. The Bertz CT molecular complexity index is 1110. The summed E-state index contributed by atoms with van der Waals surface area (Å²) in [5.41, 5.74) is 2.28. The predicted molar refractivity (Wildman–Crippen MR) is 106 cm³/mol. The molecule has 1 atom stereocenters. The molecule has 0 saturated heterocycles. The van der Waals surface area contributed by atoms with E-state index in [9.17, 15) is 14.7 Å². The molecular weight excluding hydrogens is 372 g/mol. The average molecular weight is 394 g/mol. The number of rotatable bonds is 3. The summed E-state index contributed by atoms with van der Waals surface area (Å²) in [6.07, 6.45) is 2.53. The van der Waals surface area contributed by atoms with E-state index in [1.54, 1.807) is 24.3 Å². The largest absolute Gasteiger partial charge is 0.464 e. The van der Waals surface area contributed by atoms with E-state index in [1.165, 1.54) is 12.5 Å². The molecule has 0 aliphatic carbocycles. The Balaban J connectivity index is 1.63. The number of ether oxygens (including phenoxy) is 1. The van der Waals surface area contributed by atoms with Crippen molar-refractivity contribution in [2.24, 2.45) is 5.92 Å². The van der Waals surface area contributed by atoms with Crippen LogP contribution in [0, 0.1) is 5.92 Å². The van der Waals surface area contributed by atoms with E-state index in [2.05, 4.69) is 9.97 Å². The second-order valence-corrected chi connectivity index (χ2v) is 7.57. The number of carbonyl (C=O) groups excluding carboxylic acids is 1. The summed E-state index contributed by atoms with van der Waals surface area (Å²) in [7, 11) is 0. The molecule has 0 bridgehead atoms. The number of fused-ring (bicyclic) bond motifs is 2. The van der Waals surface area contributed by atoms with E-state index in [4.69, 9.17) is 4.74 Å². The van der Waals surface area contributed by atoms with Crippen molar-refractivity contribution >= 4 is 22.9 Å². The van der Waals surface area contributed by atoms with Gasteiger partial charge in [-0.1, -0.05) is 13.8 Å². The molecule has 0 radical (unpaired) electrons. The number of hydrogen-bond donors (Lipinski definition) is 1. The standard InChI is InChI=1S/C21H22N4O4/c1-12(2)20(26)25-10-17-16(8-13(25)3)19(23-11-22-17)29-15-4-5-18-14(9-15)6-7-24(18)21(27)28/h4-7,9,11-13H,8,10H2,1-3H3,(H,27,28)/t13-/m0/s1. The molecule has 1 aliphatic rings. The molecule has 4 rings (SSSR count). The molecule has 3 aromatic rings. The van der Waals surface area contributed by atoms with Crippen LogP contribution in [0.15, 0.2) is 36.8 Å². The molecule has 0 spiro atoms. The first-order valence-electron chi connectivity index (χ1n) is 9.50. The van der Waals surface area contributed by atoms with Gasteiger partial charge >= 0.3 is 6.09 Å². The molecule has 0 fully saturated rings. The average Bonchev–Trinajstić information content (AvgIpc) is 3.11. The van der Waals surface area contributed by atoms with E-state index < -0.39 is 6.09 Å². The number of amides is 1. The lowest BCUT2D eigenvalue weighted by Gasteiger charge is -2.35.